The summed E-state index contributed by atoms with van der Waals surface area (Å²) < 4.78 is 7.67. The molecule has 4 rings (SSSR count). The molecule has 0 saturated carbocycles. The molecule has 0 unspecified atom stereocenters. The summed E-state index contributed by atoms with van der Waals surface area (Å²) in [4.78, 5) is 9.12. The van der Waals surface area contributed by atoms with Crippen LogP contribution in [0.3, 0.4) is 0 Å². The number of aromatic nitrogens is 2. The fraction of sp³-hybridized carbons (Fsp3) is 0.316. The van der Waals surface area contributed by atoms with E-state index in [-0.39, 0.29) is 0 Å². The van der Waals surface area contributed by atoms with E-state index in [1.54, 1.807) is 0 Å². The predicted molar refractivity (Wildman–Crippen MR) is 98.4 cm³/mol. The summed E-state index contributed by atoms with van der Waals surface area (Å²) in [6.45, 7) is 3.41. The van der Waals surface area contributed by atoms with Gasteiger partial charge in [-0.1, -0.05) is 0 Å². The summed E-state index contributed by atoms with van der Waals surface area (Å²) in [6, 6.07) is 12.7. The molecule has 0 atom stereocenters. The molecule has 2 aromatic heterocycles. The topological polar surface area (TPSA) is 33.5 Å². The third-order valence-corrected chi connectivity index (χ3v) is 4.54. The van der Waals surface area contributed by atoms with Gasteiger partial charge in [0, 0.05) is 56.3 Å². The first-order valence-electron chi connectivity index (χ1n) is 8.30. The molecule has 24 heavy (non-hydrogen) atoms. The molecule has 1 fully saturated rings. The average Bonchev–Trinajstić information content (AvgIpc) is 3.02. The van der Waals surface area contributed by atoms with Crippen molar-refractivity contribution in [2.75, 3.05) is 50.2 Å². The van der Waals surface area contributed by atoms with Gasteiger partial charge >= 0.3 is 0 Å². The van der Waals surface area contributed by atoms with E-state index in [9.17, 15) is 0 Å². The Kier molecular flexibility index (Phi) is 3.86. The lowest BCUT2D eigenvalue weighted by atomic mass is 10.2. The number of fused-ring (bicyclic) bond motifs is 1. The Labute approximate surface area is 142 Å². The van der Waals surface area contributed by atoms with E-state index in [0.29, 0.717) is 0 Å². The Morgan fingerprint density at radius 1 is 1.04 bits per heavy atom. The minimum Gasteiger partial charge on any atom is -0.378 e. The lowest BCUT2D eigenvalue weighted by molar-refractivity contribution is 0.123. The first kappa shape index (κ1) is 15.0. The standard InChI is InChI=1S/C19H22N4O/c1-21(2)15-5-7-16(8-6-15)23-14-18(22-10-12-24-13-11-22)17-4-3-9-20-19(17)23/h3-9,14H,10-13H2,1-2H3. The zero-order valence-corrected chi connectivity index (χ0v) is 14.1. The first-order chi connectivity index (χ1) is 11.7. The van der Waals surface area contributed by atoms with Crippen molar-refractivity contribution in [3.63, 3.8) is 0 Å². The number of anilines is 2. The molecule has 3 heterocycles. The van der Waals surface area contributed by atoms with Crippen molar-refractivity contribution in [1.29, 1.82) is 0 Å². The molecule has 0 spiro atoms. The van der Waals surface area contributed by atoms with Crippen LogP contribution in [0, 0.1) is 0 Å². The molecule has 1 aliphatic rings. The Balaban J connectivity index is 1.80. The summed E-state index contributed by atoms with van der Waals surface area (Å²) >= 11 is 0. The number of nitrogens with zero attached hydrogens (tertiary/aromatic N) is 4. The van der Waals surface area contributed by atoms with Crippen LogP contribution in [0.2, 0.25) is 0 Å². The molecule has 0 radical (unpaired) electrons. The lowest BCUT2D eigenvalue weighted by Gasteiger charge is -2.28. The molecule has 0 N–H and O–H groups in total. The second-order valence-corrected chi connectivity index (χ2v) is 6.27. The maximum absolute atomic E-state index is 5.49. The van der Waals surface area contributed by atoms with Crippen LogP contribution in [0.5, 0.6) is 0 Å². The molecular weight excluding hydrogens is 300 g/mol. The number of morpholine rings is 1. The minimum atomic E-state index is 0.782. The second-order valence-electron chi connectivity index (χ2n) is 6.27. The highest BCUT2D eigenvalue weighted by Gasteiger charge is 2.18. The monoisotopic (exact) mass is 322 g/mol. The molecule has 3 aromatic rings. The van der Waals surface area contributed by atoms with E-state index in [1.807, 2.05) is 12.3 Å². The van der Waals surface area contributed by atoms with Gasteiger partial charge in [0.25, 0.3) is 0 Å². The molecule has 0 bridgehead atoms. The molecule has 0 amide bonds. The zero-order valence-electron chi connectivity index (χ0n) is 14.1. The number of rotatable bonds is 3. The van der Waals surface area contributed by atoms with Crippen LogP contribution in [0.25, 0.3) is 16.7 Å². The van der Waals surface area contributed by atoms with Crippen LogP contribution >= 0.6 is 0 Å². The van der Waals surface area contributed by atoms with Crippen molar-refractivity contribution in [2.45, 2.75) is 0 Å². The SMILES string of the molecule is CN(C)c1ccc(-n2cc(N3CCOCC3)c3cccnc32)cc1. The third kappa shape index (κ3) is 2.61. The van der Waals surface area contributed by atoms with E-state index in [4.69, 9.17) is 4.74 Å². The highest BCUT2D eigenvalue weighted by molar-refractivity contribution is 5.92. The largest absolute Gasteiger partial charge is 0.378 e. The van der Waals surface area contributed by atoms with Crippen LogP contribution in [0.4, 0.5) is 11.4 Å². The summed E-state index contributed by atoms with van der Waals surface area (Å²) in [5.41, 5.74) is 4.55. The molecule has 1 aromatic carbocycles. The Morgan fingerprint density at radius 2 is 1.79 bits per heavy atom. The normalized spacial score (nSPS) is 15.0. The highest BCUT2D eigenvalue weighted by Crippen LogP contribution is 2.31. The number of ether oxygens (including phenoxy) is 1. The van der Waals surface area contributed by atoms with E-state index >= 15 is 0 Å². The van der Waals surface area contributed by atoms with Crippen molar-refractivity contribution in [3.05, 3.63) is 48.8 Å². The van der Waals surface area contributed by atoms with E-state index in [1.165, 1.54) is 16.8 Å². The van der Waals surface area contributed by atoms with E-state index in [0.717, 1.165) is 37.6 Å². The van der Waals surface area contributed by atoms with Gasteiger partial charge in [0.1, 0.15) is 5.65 Å². The van der Waals surface area contributed by atoms with E-state index < -0.39 is 0 Å². The van der Waals surface area contributed by atoms with Gasteiger partial charge in [-0.05, 0) is 36.4 Å². The minimum absolute atomic E-state index is 0.782. The Hall–Kier alpha value is -2.53. The molecule has 124 valence electrons. The van der Waals surface area contributed by atoms with Crippen molar-refractivity contribution < 1.29 is 4.74 Å². The smallest absolute Gasteiger partial charge is 0.146 e. The number of hydrogen-bond donors (Lipinski definition) is 0. The summed E-state index contributed by atoms with van der Waals surface area (Å²) in [5.74, 6) is 0. The molecule has 0 aliphatic carbocycles. The van der Waals surface area contributed by atoms with Gasteiger partial charge in [-0.3, -0.25) is 4.57 Å². The van der Waals surface area contributed by atoms with Crippen molar-refractivity contribution in [3.8, 4) is 5.69 Å². The summed E-state index contributed by atoms with van der Waals surface area (Å²) in [5, 5.41) is 1.19. The molecule has 1 saturated heterocycles. The quantitative estimate of drug-likeness (QED) is 0.742. The number of hydrogen-bond acceptors (Lipinski definition) is 4. The van der Waals surface area contributed by atoms with Gasteiger partial charge in [0.2, 0.25) is 0 Å². The predicted octanol–water partition coefficient (Wildman–Crippen LogP) is 2.93. The number of pyridine rings is 1. The molecule has 1 aliphatic heterocycles. The highest BCUT2D eigenvalue weighted by atomic mass is 16.5. The Morgan fingerprint density at radius 3 is 2.50 bits per heavy atom. The van der Waals surface area contributed by atoms with Gasteiger partial charge in [0.05, 0.1) is 18.9 Å². The van der Waals surface area contributed by atoms with Gasteiger partial charge in [-0.2, -0.15) is 0 Å². The average molecular weight is 322 g/mol. The number of benzene rings is 1. The van der Waals surface area contributed by atoms with Crippen LogP contribution < -0.4 is 9.80 Å². The maximum atomic E-state index is 5.49. The van der Waals surface area contributed by atoms with Gasteiger partial charge in [-0.25, -0.2) is 4.98 Å². The fourth-order valence-corrected chi connectivity index (χ4v) is 3.21. The van der Waals surface area contributed by atoms with Crippen molar-refractivity contribution in [1.82, 2.24) is 9.55 Å². The first-order valence-corrected chi connectivity index (χ1v) is 8.30. The second kappa shape index (κ2) is 6.17. The van der Waals surface area contributed by atoms with Crippen LogP contribution in [-0.2, 0) is 4.74 Å². The Bertz CT molecular complexity index is 832. The van der Waals surface area contributed by atoms with Crippen LogP contribution in [0.15, 0.2) is 48.8 Å². The summed E-state index contributed by atoms with van der Waals surface area (Å²) in [6.07, 6.45) is 4.06. The van der Waals surface area contributed by atoms with Crippen LogP contribution in [-0.4, -0.2) is 49.9 Å². The van der Waals surface area contributed by atoms with Gasteiger partial charge < -0.3 is 14.5 Å². The molecule has 5 nitrogen and oxygen atoms in total. The molecule has 5 heteroatoms. The van der Waals surface area contributed by atoms with Crippen LogP contribution in [0.1, 0.15) is 0 Å². The zero-order chi connectivity index (χ0) is 16.5. The van der Waals surface area contributed by atoms with E-state index in [2.05, 4.69) is 70.0 Å². The summed E-state index contributed by atoms with van der Waals surface area (Å²) in [7, 11) is 4.11. The van der Waals surface area contributed by atoms with Gasteiger partial charge in [0.15, 0.2) is 0 Å². The van der Waals surface area contributed by atoms with Crippen molar-refractivity contribution >= 4 is 22.4 Å². The maximum Gasteiger partial charge on any atom is 0.146 e. The van der Waals surface area contributed by atoms with Crippen molar-refractivity contribution in [2.24, 2.45) is 0 Å². The molecular formula is C19H22N4O. The fourth-order valence-electron chi connectivity index (χ4n) is 3.21. The third-order valence-electron chi connectivity index (χ3n) is 4.54. The lowest BCUT2D eigenvalue weighted by Crippen LogP contribution is -2.36. The van der Waals surface area contributed by atoms with Gasteiger partial charge in [-0.15, -0.1) is 0 Å².